The number of hydrogen-bond donors (Lipinski definition) is 1. The summed E-state index contributed by atoms with van der Waals surface area (Å²) in [4.78, 5) is 0. The molecule has 0 saturated heterocycles. The maximum Gasteiger partial charge on any atom is 0.119 e. The molecule has 0 aromatic heterocycles. The zero-order valence-corrected chi connectivity index (χ0v) is 11.0. The minimum atomic E-state index is -0.393. The van der Waals surface area contributed by atoms with E-state index >= 15 is 0 Å². The Hall–Kier alpha value is -0.770. The van der Waals surface area contributed by atoms with Gasteiger partial charge in [0, 0.05) is 7.11 Å². The summed E-state index contributed by atoms with van der Waals surface area (Å²) >= 11 is 6.16. The van der Waals surface area contributed by atoms with Crippen molar-refractivity contribution in [3.63, 3.8) is 0 Å². The molecule has 0 aliphatic heterocycles. The second kappa shape index (κ2) is 7.54. The maximum atomic E-state index is 9.26. The monoisotopic (exact) mass is 258 g/mol. The van der Waals surface area contributed by atoms with Gasteiger partial charge in [-0.15, -0.1) is 11.6 Å². The molecule has 0 amide bonds. The number of rotatable bonds is 7. The van der Waals surface area contributed by atoms with E-state index < -0.39 is 6.10 Å². The van der Waals surface area contributed by atoms with Crippen LogP contribution in [0.2, 0.25) is 0 Å². The molecular weight excluding hydrogens is 240 g/mol. The molecule has 0 radical (unpaired) electrons. The van der Waals surface area contributed by atoms with E-state index in [0.717, 1.165) is 11.3 Å². The minimum Gasteiger partial charge on any atom is -0.491 e. The summed E-state index contributed by atoms with van der Waals surface area (Å²) in [5.41, 5.74) is 0.992. The van der Waals surface area contributed by atoms with Crippen molar-refractivity contribution in [3.05, 3.63) is 29.8 Å². The van der Waals surface area contributed by atoms with Crippen LogP contribution in [-0.4, -0.2) is 31.5 Å². The third-order valence-corrected chi connectivity index (χ3v) is 2.78. The van der Waals surface area contributed by atoms with Crippen molar-refractivity contribution in [2.45, 2.75) is 24.8 Å². The van der Waals surface area contributed by atoms with Gasteiger partial charge in [0.25, 0.3) is 0 Å². The van der Waals surface area contributed by atoms with Crippen LogP contribution in [-0.2, 0) is 4.74 Å². The van der Waals surface area contributed by atoms with Gasteiger partial charge in [-0.25, -0.2) is 0 Å². The summed E-state index contributed by atoms with van der Waals surface area (Å²) in [6.45, 7) is 2.84. The minimum absolute atomic E-state index is 0.164. The number of alkyl halides is 1. The Kier molecular flexibility index (Phi) is 6.34. The molecule has 0 fully saturated rings. The molecule has 1 aromatic rings. The van der Waals surface area contributed by atoms with Crippen molar-refractivity contribution in [3.8, 4) is 5.75 Å². The largest absolute Gasteiger partial charge is 0.491 e. The van der Waals surface area contributed by atoms with Gasteiger partial charge in [-0.2, -0.15) is 0 Å². The zero-order valence-electron chi connectivity index (χ0n) is 10.2. The summed E-state index contributed by atoms with van der Waals surface area (Å²) < 4.78 is 10.3. The first kappa shape index (κ1) is 14.3. The van der Waals surface area contributed by atoms with Crippen LogP contribution in [0.5, 0.6) is 5.75 Å². The predicted octanol–water partition coefficient (Wildman–Crippen LogP) is 2.76. The Labute approximate surface area is 107 Å². The molecule has 96 valence electrons. The SMILES string of the molecule is COCCOc1ccc(C(Cl)CC(C)O)cc1. The van der Waals surface area contributed by atoms with Crippen molar-refractivity contribution in [1.82, 2.24) is 0 Å². The molecule has 2 atom stereocenters. The highest BCUT2D eigenvalue weighted by Gasteiger charge is 2.10. The molecule has 17 heavy (non-hydrogen) atoms. The van der Waals surface area contributed by atoms with Crippen LogP contribution < -0.4 is 4.74 Å². The lowest BCUT2D eigenvalue weighted by molar-refractivity contribution is 0.146. The predicted molar refractivity (Wildman–Crippen MR) is 68.7 cm³/mol. The summed E-state index contributed by atoms with van der Waals surface area (Å²) in [6.07, 6.45) is 0.154. The molecule has 0 aliphatic carbocycles. The first-order valence-electron chi connectivity index (χ1n) is 5.67. The van der Waals surface area contributed by atoms with Gasteiger partial charge in [0.2, 0.25) is 0 Å². The molecule has 0 saturated carbocycles. The van der Waals surface area contributed by atoms with E-state index in [1.807, 2.05) is 24.3 Å². The number of halogens is 1. The third-order valence-electron chi connectivity index (χ3n) is 2.35. The molecule has 0 aliphatic rings. The zero-order chi connectivity index (χ0) is 12.7. The molecule has 0 heterocycles. The fourth-order valence-corrected chi connectivity index (χ4v) is 1.85. The number of aliphatic hydroxyl groups excluding tert-OH is 1. The smallest absolute Gasteiger partial charge is 0.119 e. The van der Waals surface area contributed by atoms with Crippen molar-refractivity contribution in [2.24, 2.45) is 0 Å². The Bertz CT molecular complexity index is 311. The highest BCUT2D eigenvalue weighted by atomic mass is 35.5. The molecule has 1 aromatic carbocycles. The Morgan fingerprint density at radius 1 is 1.24 bits per heavy atom. The van der Waals surface area contributed by atoms with Crippen LogP contribution in [0.25, 0.3) is 0 Å². The molecule has 4 heteroatoms. The average Bonchev–Trinajstić information content (AvgIpc) is 2.29. The quantitative estimate of drug-likeness (QED) is 0.604. The average molecular weight is 259 g/mol. The second-order valence-electron chi connectivity index (χ2n) is 3.96. The van der Waals surface area contributed by atoms with Crippen LogP contribution in [0.3, 0.4) is 0 Å². The lowest BCUT2D eigenvalue weighted by atomic mass is 10.1. The van der Waals surface area contributed by atoms with Gasteiger partial charge in [0.1, 0.15) is 12.4 Å². The summed E-state index contributed by atoms with van der Waals surface area (Å²) in [5, 5.41) is 9.10. The molecule has 0 spiro atoms. The molecule has 1 rings (SSSR count). The number of aliphatic hydroxyl groups is 1. The van der Waals surface area contributed by atoms with Crippen LogP contribution >= 0.6 is 11.6 Å². The van der Waals surface area contributed by atoms with Gasteiger partial charge in [-0.1, -0.05) is 12.1 Å². The topological polar surface area (TPSA) is 38.7 Å². The van der Waals surface area contributed by atoms with Crippen LogP contribution in [0, 0.1) is 0 Å². The fraction of sp³-hybridized carbons (Fsp3) is 0.538. The number of benzene rings is 1. The highest BCUT2D eigenvalue weighted by molar-refractivity contribution is 6.20. The summed E-state index contributed by atoms with van der Waals surface area (Å²) in [7, 11) is 1.64. The molecular formula is C13H19ClO3. The standard InChI is InChI=1S/C13H19ClO3/c1-10(15)9-13(14)11-3-5-12(6-4-11)17-8-7-16-2/h3-6,10,13,15H,7-9H2,1-2H3. The van der Waals surface area contributed by atoms with E-state index in [9.17, 15) is 5.11 Å². The van der Waals surface area contributed by atoms with Crippen molar-refractivity contribution >= 4 is 11.6 Å². The summed E-state index contributed by atoms with van der Waals surface area (Å²) in [5.74, 6) is 0.798. The Balaban J connectivity index is 2.49. The van der Waals surface area contributed by atoms with E-state index in [1.165, 1.54) is 0 Å². The third kappa shape index (κ3) is 5.39. The molecule has 2 unspecified atom stereocenters. The van der Waals surface area contributed by atoms with E-state index in [-0.39, 0.29) is 5.38 Å². The van der Waals surface area contributed by atoms with Crippen molar-refractivity contribution in [1.29, 1.82) is 0 Å². The summed E-state index contributed by atoms with van der Waals surface area (Å²) in [6, 6.07) is 7.59. The van der Waals surface area contributed by atoms with E-state index in [1.54, 1.807) is 14.0 Å². The van der Waals surface area contributed by atoms with Gasteiger partial charge in [0.05, 0.1) is 18.1 Å². The lowest BCUT2D eigenvalue weighted by Crippen LogP contribution is -2.05. The van der Waals surface area contributed by atoms with Gasteiger partial charge in [-0.05, 0) is 31.0 Å². The van der Waals surface area contributed by atoms with Crippen LogP contribution in [0.4, 0.5) is 0 Å². The highest BCUT2D eigenvalue weighted by Crippen LogP contribution is 2.27. The van der Waals surface area contributed by atoms with Gasteiger partial charge in [-0.3, -0.25) is 0 Å². The van der Waals surface area contributed by atoms with Gasteiger partial charge >= 0.3 is 0 Å². The van der Waals surface area contributed by atoms with Crippen LogP contribution in [0.15, 0.2) is 24.3 Å². The van der Waals surface area contributed by atoms with Gasteiger partial charge in [0.15, 0.2) is 0 Å². The Morgan fingerprint density at radius 2 is 1.88 bits per heavy atom. The molecule has 1 N–H and O–H groups in total. The Morgan fingerprint density at radius 3 is 2.41 bits per heavy atom. The first-order chi connectivity index (χ1) is 8.13. The lowest BCUT2D eigenvalue weighted by Gasteiger charge is -2.12. The van der Waals surface area contributed by atoms with E-state index in [0.29, 0.717) is 19.6 Å². The molecule has 3 nitrogen and oxygen atoms in total. The normalized spacial score (nSPS) is 14.4. The first-order valence-corrected chi connectivity index (χ1v) is 6.11. The van der Waals surface area contributed by atoms with Crippen molar-refractivity contribution in [2.75, 3.05) is 20.3 Å². The van der Waals surface area contributed by atoms with E-state index in [4.69, 9.17) is 21.1 Å². The van der Waals surface area contributed by atoms with Crippen LogP contribution in [0.1, 0.15) is 24.3 Å². The maximum absolute atomic E-state index is 9.26. The molecule has 0 bridgehead atoms. The van der Waals surface area contributed by atoms with E-state index in [2.05, 4.69) is 0 Å². The van der Waals surface area contributed by atoms with Gasteiger partial charge < -0.3 is 14.6 Å². The number of hydrogen-bond acceptors (Lipinski definition) is 3. The fourth-order valence-electron chi connectivity index (χ4n) is 1.45. The second-order valence-corrected chi connectivity index (χ2v) is 4.49. The number of ether oxygens (including phenoxy) is 2. The number of methoxy groups -OCH3 is 1. The van der Waals surface area contributed by atoms with Crippen molar-refractivity contribution < 1.29 is 14.6 Å².